The molecule has 1 fully saturated rings. The van der Waals surface area contributed by atoms with Gasteiger partial charge in [0, 0.05) is 49.7 Å². The van der Waals surface area contributed by atoms with Crippen LogP contribution in [0.2, 0.25) is 0 Å². The Hall–Kier alpha value is -2.56. The summed E-state index contributed by atoms with van der Waals surface area (Å²) in [5.74, 6) is -0.0725. The lowest BCUT2D eigenvalue weighted by Gasteiger charge is -2.37. The SMILES string of the molecule is Cc1cccc(N2CCN(C(=O)c3cc[nH]c(=O)c3)CC2)c1C. The third-order valence-electron chi connectivity index (χ3n) is 4.51. The Morgan fingerprint density at radius 1 is 1.09 bits per heavy atom. The summed E-state index contributed by atoms with van der Waals surface area (Å²) in [6, 6.07) is 9.34. The van der Waals surface area contributed by atoms with E-state index in [0.29, 0.717) is 18.7 Å². The molecule has 0 radical (unpaired) electrons. The quantitative estimate of drug-likeness (QED) is 0.922. The topological polar surface area (TPSA) is 56.4 Å². The van der Waals surface area contributed by atoms with Gasteiger partial charge in [-0.05, 0) is 37.1 Å². The summed E-state index contributed by atoms with van der Waals surface area (Å²) in [5, 5.41) is 0. The zero-order valence-corrected chi connectivity index (χ0v) is 13.5. The van der Waals surface area contributed by atoms with E-state index in [1.54, 1.807) is 6.07 Å². The van der Waals surface area contributed by atoms with Crippen molar-refractivity contribution >= 4 is 11.6 Å². The Morgan fingerprint density at radius 2 is 1.83 bits per heavy atom. The van der Waals surface area contributed by atoms with Gasteiger partial charge in [-0.15, -0.1) is 0 Å². The number of amides is 1. The molecular formula is C18H21N3O2. The maximum absolute atomic E-state index is 12.5. The van der Waals surface area contributed by atoms with E-state index in [1.165, 1.54) is 29.1 Å². The van der Waals surface area contributed by atoms with Crippen molar-refractivity contribution < 1.29 is 4.79 Å². The van der Waals surface area contributed by atoms with Crippen molar-refractivity contribution in [2.45, 2.75) is 13.8 Å². The van der Waals surface area contributed by atoms with E-state index in [9.17, 15) is 9.59 Å². The summed E-state index contributed by atoms with van der Waals surface area (Å²) in [6.07, 6.45) is 1.52. The van der Waals surface area contributed by atoms with Crippen molar-refractivity contribution in [2.24, 2.45) is 0 Å². The van der Waals surface area contributed by atoms with Crippen LogP contribution in [0.4, 0.5) is 5.69 Å². The van der Waals surface area contributed by atoms with E-state index in [2.05, 4.69) is 41.9 Å². The molecule has 1 saturated heterocycles. The van der Waals surface area contributed by atoms with Crippen LogP contribution in [0.1, 0.15) is 21.5 Å². The molecule has 2 heterocycles. The van der Waals surface area contributed by atoms with E-state index in [0.717, 1.165) is 13.1 Å². The number of piperazine rings is 1. The first-order chi connectivity index (χ1) is 11.1. The largest absolute Gasteiger partial charge is 0.368 e. The molecule has 5 heteroatoms. The van der Waals surface area contributed by atoms with Gasteiger partial charge < -0.3 is 14.8 Å². The number of rotatable bonds is 2. The molecule has 0 spiro atoms. The average Bonchev–Trinajstić information content (AvgIpc) is 2.57. The highest BCUT2D eigenvalue weighted by molar-refractivity contribution is 5.94. The molecule has 1 aliphatic heterocycles. The standard InChI is InChI=1S/C18H21N3O2/c1-13-4-3-5-16(14(13)2)20-8-10-21(11-9-20)18(23)15-6-7-19-17(22)12-15/h3-7,12H,8-11H2,1-2H3,(H,19,22). The number of carbonyl (C=O) groups is 1. The molecule has 2 aromatic rings. The summed E-state index contributed by atoms with van der Waals surface area (Å²) in [5.41, 5.74) is 4.03. The highest BCUT2D eigenvalue weighted by atomic mass is 16.2. The first-order valence-corrected chi connectivity index (χ1v) is 7.85. The molecule has 0 unspecified atom stereocenters. The Bertz CT molecular complexity index is 774. The van der Waals surface area contributed by atoms with Crippen LogP contribution in [-0.2, 0) is 0 Å². The van der Waals surface area contributed by atoms with Gasteiger partial charge in [-0.2, -0.15) is 0 Å². The second-order valence-corrected chi connectivity index (χ2v) is 5.94. The van der Waals surface area contributed by atoms with Crippen molar-refractivity contribution in [2.75, 3.05) is 31.1 Å². The molecule has 0 saturated carbocycles. The number of anilines is 1. The zero-order chi connectivity index (χ0) is 16.4. The van der Waals surface area contributed by atoms with Gasteiger partial charge in [0.25, 0.3) is 5.91 Å². The Kier molecular flexibility index (Phi) is 4.19. The fraction of sp³-hybridized carbons (Fsp3) is 0.333. The Morgan fingerprint density at radius 3 is 2.52 bits per heavy atom. The highest BCUT2D eigenvalue weighted by Crippen LogP contribution is 2.24. The van der Waals surface area contributed by atoms with Crippen LogP contribution in [0, 0.1) is 13.8 Å². The molecule has 5 nitrogen and oxygen atoms in total. The van der Waals surface area contributed by atoms with Crippen LogP contribution in [-0.4, -0.2) is 42.0 Å². The third kappa shape index (κ3) is 3.13. The lowest BCUT2D eigenvalue weighted by molar-refractivity contribution is 0.0746. The molecule has 1 amide bonds. The van der Waals surface area contributed by atoms with Gasteiger partial charge >= 0.3 is 0 Å². The summed E-state index contributed by atoms with van der Waals surface area (Å²) in [4.78, 5) is 30.5. The number of hydrogen-bond acceptors (Lipinski definition) is 3. The van der Waals surface area contributed by atoms with E-state index in [-0.39, 0.29) is 11.5 Å². The first-order valence-electron chi connectivity index (χ1n) is 7.85. The molecule has 23 heavy (non-hydrogen) atoms. The normalized spacial score (nSPS) is 14.9. The van der Waals surface area contributed by atoms with Crippen molar-refractivity contribution in [1.82, 2.24) is 9.88 Å². The van der Waals surface area contributed by atoms with Gasteiger partial charge in [-0.1, -0.05) is 12.1 Å². The molecule has 0 atom stereocenters. The van der Waals surface area contributed by atoms with Crippen LogP contribution in [0.25, 0.3) is 0 Å². The number of aryl methyl sites for hydroxylation is 1. The molecular weight excluding hydrogens is 290 g/mol. The number of aromatic amines is 1. The summed E-state index contributed by atoms with van der Waals surface area (Å²) in [7, 11) is 0. The monoisotopic (exact) mass is 311 g/mol. The minimum Gasteiger partial charge on any atom is -0.368 e. The molecule has 0 bridgehead atoms. The van der Waals surface area contributed by atoms with E-state index >= 15 is 0 Å². The van der Waals surface area contributed by atoms with Crippen LogP contribution in [0.15, 0.2) is 41.3 Å². The van der Waals surface area contributed by atoms with E-state index < -0.39 is 0 Å². The zero-order valence-electron chi connectivity index (χ0n) is 13.5. The lowest BCUT2D eigenvalue weighted by Crippen LogP contribution is -2.49. The number of nitrogens with zero attached hydrogens (tertiary/aromatic N) is 2. The predicted molar refractivity (Wildman–Crippen MR) is 91.1 cm³/mol. The molecule has 1 aliphatic rings. The van der Waals surface area contributed by atoms with Crippen molar-refractivity contribution in [1.29, 1.82) is 0 Å². The van der Waals surface area contributed by atoms with Gasteiger partial charge in [0.2, 0.25) is 5.56 Å². The number of pyridine rings is 1. The molecule has 1 aromatic carbocycles. The van der Waals surface area contributed by atoms with E-state index in [1.807, 2.05) is 4.90 Å². The minimum absolute atomic E-state index is 0.0725. The number of H-pyrrole nitrogens is 1. The molecule has 1 aromatic heterocycles. The maximum atomic E-state index is 12.5. The Labute approximate surface area is 135 Å². The number of hydrogen-bond donors (Lipinski definition) is 1. The number of carbonyl (C=O) groups excluding carboxylic acids is 1. The third-order valence-corrected chi connectivity index (χ3v) is 4.51. The lowest BCUT2D eigenvalue weighted by atomic mass is 10.1. The average molecular weight is 311 g/mol. The van der Waals surface area contributed by atoms with Gasteiger partial charge in [0.15, 0.2) is 0 Å². The van der Waals surface area contributed by atoms with Gasteiger partial charge in [0.05, 0.1) is 0 Å². The number of aromatic nitrogens is 1. The van der Waals surface area contributed by atoms with Gasteiger partial charge in [-0.25, -0.2) is 0 Å². The number of nitrogens with one attached hydrogen (secondary N) is 1. The second kappa shape index (κ2) is 6.28. The molecule has 1 N–H and O–H groups in total. The Balaban J connectivity index is 1.70. The van der Waals surface area contributed by atoms with Crippen molar-refractivity contribution in [3.8, 4) is 0 Å². The molecule has 120 valence electrons. The van der Waals surface area contributed by atoms with E-state index in [4.69, 9.17) is 0 Å². The summed E-state index contributed by atoms with van der Waals surface area (Å²) in [6.45, 7) is 7.19. The fourth-order valence-electron chi connectivity index (χ4n) is 2.99. The van der Waals surface area contributed by atoms with Crippen molar-refractivity contribution in [3.63, 3.8) is 0 Å². The molecule has 3 rings (SSSR count). The van der Waals surface area contributed by atoms with Gasteiger partial charge in [-0.3, -0.25) is 9.59 Å². The number of benzene rings is 1. The van der Waals surface area contributed by atoms with Crippen LogP contribution in [0.3, 0.4) is 0 Å². The van der Waals surface area contributed by atoms with Crippen LogP contribution >= 0.6 is 0 Å². The van der Waals surface area contributed by atoms with Crippen LogP contribution < -0.4 is 10.5 Å². The minimum atomic E-state index is -0.245. The predicted octanol–water partition coefficient (Wildman–Crippen LogP) is 1.95. The smallest absolute Gasteiger partial charge is 0.254 e. The van der Waals surface area contributed by atoms with Gasteiger partial charge in [0.1, 0.15) is 0 Å². The summed E-state index contributed by atoms with van der Waals surface area (Å²) >= 11 is 0. The second-order valence-electron chi connectivity index (χ2n) is 5.94. The maximum Gasteiger partial charge on any atom is 0.254 e. The summed E-state index contributed by atoms with van der Waals surface area (Å²) < 4.78 is 0. The first kappa shape index (κ1) is 15.3. The molecule has 0 aliphatic carbocycles. The van der Waals surface area contributed by atoms with Crippen molar-refractivity contribution in [3.05, 3.63) is 63.6 Å². The highest BCUT2D eigenvalue weighted by Gasteiger charge is 2.23. The fourth-order valence-corrected chi connectivity index (χ4v) is 2.99. The van der Waals surface area contributed by atoms with Crippen LogP contribution in [0.5, 0.6) is 0 Å².